The third-order valence-electron chi connectivity index (χ3n) is 3.17. The van der Waals surface area contributed by atoms with E-state index < -0.39 is 17.3 Å². The van der Waals surface area contributed by atoms with Crippen molar-refractivity contribution in [2.24, 2.45) is 5.92 Å². The summed E-state index contributed by atoms with van der Waals surface area (Å²) in [6.07, 6.45) is 3.09. The molecular formula is C13H25NO3. The van der Waals surface area contributed by atoms with Crippen molar-refractivity contribution in [1.82, 2.24) is 5.32 Å². The second-order valence-corrected chi connectivity index (χ2v) is 6.26. The predicted octanol–water partition coefficient (Wildman–Crippen LogP) is 2.45. The van der Waals surface area contributed by atoms with Crippen LogP contribution in [-0.4, -0.2) is 28.9 Å². The summed E-state index contributed by atoms with van der Waals surface area (Å²) >= 11 is 0. The molecule has 0 bridgehead atoms. The molecule has 0 unspecified atom stereocenters. The zero-order valence-electron chi connectivity index (χ0n) is 11.4. The highest BCUT2D eigenvalue weighted by atomic mass is 16.6. The van der Waals surface area contributed by atoms with Crippen molar-refractivity contribution in [3.05, 3.63) is 0 Å². The van der Waals surface area contributed by atoms with E-state index in [2.05, 4.69) is 12.2 Å². The Morgan fingerprint density at radius 1 is 1.41 bits per heavy atom. The minimum absolute atomic E-state index is 0.286. The van der Waals surface area contributed by atoms with Crippen LogP contribution in [0.2, 0.25) is 0 Å². The third-order valence-corrected chi connectivity index (χ3v) is 3.17. The van der Waals surface area contributed by atoms with Gasteiger partial charge in [0.05, 0.1) is 5.60 Å². The largest absolute Gasteiger partial charge is 0.444 e. The molecule has 1 saturated carbocycles. The molecule has 0 heterocycles. The molecular weight excluding hydrogens is 218 g/mol. The van der Waals surface area contributed by atoms with Gasteiger partial charge >= 0.3 is 6.09 Å². The zero-order chi connectivity index (χ0) is 13.1. The Hall–Kier alpha value is -0.770. The van der Waals surface area contributed by atoms with Gasteiger partial charge in [-0.3, -0.25) is 0 Å². The first kappa shape index (κ1) is 14.3. The second kappa shape index (κ2) is 5.25. The molecule has 0 spiro atoms. The molecule has 1 aliphatic rings. The van der Waals surface area contributed by atoms with Crippen LogP contribution in [-0.2, 0) is 4.74 Å². The highest BCUT2D eigenvalue weighted by Gasteiger charge is 2.32. The number of rotatable bonds is 2. The number of alkyl carbamates (subject to hydrolysis) is 1. The van der Waals surface area contributed by atoms with Crippen LogP contribution >= 0.6 is 0 Å². The van der Waals surface area contributed by atoms with Gasteiger partial charge in [-0.15, -0.1) is 0 Å². The third kappa shape index (κ3) is 5.39. The standard InChI is InChI=1S/C13H25NO3/c1-10-5-7-13(16,8-6-10)9-14-11(15)17-12(2,3)4/h10,16H,5-9H2,1-4H3,(H,14,15). The number of aliphatic hydroxyl groups is 1. The van der Waals surface area contributed by atoms with Crippen LogP contribution in [0.3, 0.4) is 0 Å². The summed E-state index contributed by atoms with van der Waals surface area (Å²) < 4.78 is 5.13. The van der Waals surface area contributed by atoms with Gasteiger partial charge in [0.2, 0.25) is 0 Å². The summed E-state index contributed by atoms with van der Waals surface area (Å²) in [5.41, 5.74) is -1.24. The average Bonchev–Trinajstić information content (AvgIpc) is 2.18. The van der Waals surface area contributed by atoms with E-state index in [0.717, 1.165) is 25.7 Å². The van der Waals surface area contributed by atoms with Gasteiger partial charge in [-0.25, -0.2) is 4.79 Å². The fraction of sp³-hybridized carbons (Fsp3) is 0.923. The topological polar surface area (TPSA) is 58.6 Å². The van der Waals surface area contributed by atoms with Gasteiger partial charge < -0.3 is 15.2 Å². The van der Waals surface area contributed by atoms with Crippen molar-refractivity contribution in [1.29, 1.82) is 0 Å². The molecule has 4 heteroatoms. The van der Waals surface area contributed by atoms with Gasteiger partial charge in [-0.05, 0) is 52.4 Å². The monoisotopic (exact) mass is 243 g/mol. The Morgan fingerprint density at radius 2 is 1.94 bits per heavy atom. The molecule has 0 aromatic carbocycles. The van der Waals surface area contributed by atoms with Gasteiger partial charge in [-0.1, -0.05) is 6.92 Å². The highest BCUT2D eigenvalue weighted by Crippen LogP contribution is 2.31. The van der Waals surface area contributed by atoms with Gasteiger partial charge in [0, 0.05) is 6.54 Å². The van der Waals surface area contributed by atoms with Gasteiger partial charge in [-0.2, -0.15) is 0 Å². The van der Waals surface area contributed by atoms with Crippen molar-refractivity contribution in [2.75, 3.05) is 6.54 Å². The normalized spacial score (nSPS) is 29.8. The minimum Gasteiger partial charge on any atom is -0.444 e. The molecule has 1 fully saturated rings. The number of hydrogen-bond acceptors (Lipinski definition) is 3. The maximum absolute atomic E-state index is 11.5. The second-order valence-electron chi connectivity index (χ2n) is 6.26. The van der Waals surface area contributed by atoms with Crippen molar-refractivity contribution >= 4 is 6.09 Å². The first-order valence-electron chi connectivity index (χ1n) is 6.39. The van der Waals surface area contributed by atoms with Crippen LogP contribution in [0.5, 0.6) is 0 Å². The molecule has 1 amide bonds. The molecule has 2 N–H and O–H groups in total. The van der Waals surface area contributed by atoms with E-state index in [1.54, 1.807) is 0 Å². The molecule has 0 atom stereocenters. The van der Waals surface area contributed by atoms with Crippen molar-refractivity contribution in [3.8, 4) is 0 Å². The zero-order valence-corrected chi connectivity index (χ0v) is 11.4. The molecule has 1 aliphatic carbocycles. The molecule has 4 nitrogen and oxygen atoms in total. The Bertz CT molecular complexity index is 262. The van der Waals surface area contributed by atoms with Crippen molar-refractivity contribution in [2.45, 2.75) is 64.6 Å². The fourth-order valence-corrected chi connectivity index (χ4v) is 2.03. The van der Waals surface area contributed by atoms with E-state index in [-0.39, 0.29) is 6.54 Å². The summed E-state index contributed by atoms with van der Waals surface area (Å²) in [5, 5.41) is 12.9. The molecule has 0 aromatic rings. The van der Waals surface area contributed by atoms with Crippen LogP contribution in [0.1, 0.15) is 53.4 Å². The number of carbonyl (C=O) groups excluding carboxylic acids is 1. The Balaban J connectivity index is 2.32. The average molecular weight is 243 g/mol. The highest BCUT2D eigenvalue weighted by molar-refractivity contribution is 5.67. The number of hydrogen-bond donors (Lipinski definition) is 2. The number of ether oxygens (including phenoxy) is 1. The van der Waals surface area contributed by atoms with Crippen molar-refractivity contribution in [3.63, 3.8) is 0 Å². The van der Waals surface area contributed by atoms with Crippen molar-refractivity contribution < 1.29 is 14.6 Å². The molecule has 0 radical (unpaired) electrons. The Kier molecular flexibility index (Phi) is 4.42. The molecule has 0 saturated heterocycles. The maximum Gasteiger partial charge on any atom is 0.407 e. The van der Waals surface area contributed by atoms with Gasteiger partial charge in [0.1, 0.15) is 5.60 Å². The first-order valence-corrected chi connectivity index (χ1v) is 6.39. The maximum atomic E-state index is 11.5. The Morgan fingerprint density at radius 3 is 2.41 bits per heavy atom. The van der Waals surface area contributed by atoms with Crippen LogP contribution in [0.4, 0.5) is 4.79 Å². The lowest BCUT2D eigenvalue weighted by molar-refractivity contribution is -0.0107. The Labute approximate surface area is 104 Å². The molecule has 17 heavy (non-hydrogen) atoms. The van der Waals surface area contributed by atoms with Gasteiger partial charge in [0.25, 0.3) is 0 Å². The molecule has 100 valence electrons. The summed E-state index contributed by atoms with van der Waals surface area (Å²) in [4.78, 5) is 11.5. The van der Waals surface area contributed by atoms with E-state index in [9.17, 15) is 9.90 Å². The van der Waals surface area contributed by atoms with Gasteiger partial charge in [0.15, 0.2) is 0 Å². The predicted molar refractivity (Wildman–Crippen MR) is 66.8 cm³/mol. The lowest BCUT2D eigenvalue weighted by Crippen LogP contribution is -2.46. The lowest BCUT2D eigenvalue weighted by Gasteiger charge is -2.35. The molecule has 0 aromatic heterocycles. The summed E-state index contributed by atoms with van der Waals surface area (Å²) in [7, 11) is 0. The SMILES string of the molecule is CC1CCC(O)(CNC(=O)OC(C)(C)C)CC1. The van der Waals surface area contributed by atoms with E-state index in [1.165, 1.54) is 0 Å². The van der Waals surface area contributed by atoms with Crippen LogP contribution in [0, 0.1) is 5.92 Å². The van der Waals surface area contributed by atoms with Crippen LogP contribution in [0.25, 0.3) is 0 Å². The van der Waals surface area contributed by atoms with E-state index >= 15 is 0 Å². The molecule has 0 aliphatic heterocycles. The fourth-order valence-electron chi connectivity index (χ4n) is 2.03. The van der Waals surface area contributed by atoms with E-state index in [4.69, 9.17) is 4.74 Å². The first-order chi connectivity index (χ1) is 7.70. The summed E-state index contributed by atoms with van der Waals surface area (Å²) in [6.45, 7) is 7.95. The minimum atomic E-state index is -0.747. The smallest absolute Gasteiger partial charge is 0.407 e. The summed E-state index contributed by atoms with van der Waals surface area (Å²) in [5.74, 6) is 0.678. The van der Waals surface area contributed by atoms with Crippen LogP contribution < -0.4 is 5.32 Å². The number of nitrogens with one attached hydrogen (secondary N) is 1. The van der Waals surface area contributed by atoms with E-state index in [0.29, 0.717) is 5.92 Å². The lowest BCUT2D eigenvalue weighted by atomic mass is 9.79. The van der Waals surface area contributed by atoms with E-state index in [1.807, 2.05) is 20.8 Å². The number of amides is 1. The number of carbonyl (C=O) groups is 1. The summed E-state index contributed by atoms with van der Waals surface area (Å²) in [6, 6.07) is 0. The molecule has 1 rings (SSSR count). The van der Waals surface area contributed by atoms with Crippen LogP contribution in [0.15, 0.2) is 0 Å². The quantitative estimate of drug-likeness (QED) is 0.783.